The summed E-state index contributed by atoms with van der Waals surface area (Å²) in [5, 5.41) is 23.5. The van der Waals surface area contributed by atoms with Gasteiger partial charge >= 0.3 is 0 Å². The van der Waals surface area contributed by atoms with Crippen molar-refractivity contribution in [3.8, 4) is 62.0 Å². The van der Waals surface area contributed by atoms with Crippen LogP contribution in [0.3, 0.4) is 0 Å². The van der Waals surface area contributed by atoms with Crippen LogP contribution >= 0.6 is 22.7 Å². The Morgan fingerprint density at radius 1 is 0.407 bits per heavy atom. The van der Waals surface area contributed by atoms with Crippen LogP contribution in [-0.2, 0) is 0 Å². The van der Waals surface area contributed by atoms with Gasteiger partial charge in [-0.2, -0.15) is 5.26 Å². The van der Waals surface area contributed by atoms with Gasteiger partial charge in [0.2, 0.25) is 5.69 Å². The molecule has 17 rings (SSSR count). The molecule has 0 aliphatic carbocycles. The first kappa shape index (κ1) is 45.5. The molecule has 5 aromatic heterocycles. The predicted octanol–water partition coefficient (Wildman–Crippen LogP) is 21.6. The first-order chi connectivity index (χ1) is 40.2. The Bertz CT molecular complexity index is 5610. The maximum absolute atomic E-state index is 12.4. The molecule has 0 spiro atoms. The first-order valence-corrected chi connectivity index (χ1v) is 28.6. The van der Waals surface area contributed by atoms with Gasteiger partial charge in [-0.1, -0.05) is 206 Å². The largest absolute Gasteiger partial charge is 0.455 e. The third kappa shape index (κ3) is 6.39. The minimum atomic E-state index is 0.388. The molecule has 12 aromatic carbocycles. The van der Waals surface area contributed by atoms with E-state index in [2.05, 4.69) is 214 Å². The van der Waals surface area contributed by atoms with Crippen LogP contribution < -0.4 is 0 Å². The van der Waals surface area contributed by atoms with Crippen LogP contribution in [0.1, 0.15) is 5.56 Å². The Balaban J connectivity index is 1.13. The number of furan rings is 1. The molecular weight excluding hydrogens is 1020 g/mol. The molecule has 0 saturated carbocycles. The van der Waals surface area contributed by atoms with Crippen molar-refractivity contribution in [1.82, 2.24) is 9.13 Å². The molecule has 0 aliphatic rings. The summed E-state index contributed by atoms with van der Waals surface area (Å²) in [6.07, 6.45) is 0. The second-order valence-electron chi connectivity index (χ2n) is 20.7. The average Bonchev–Trinajstić information content (AvgIpc) is 3.58. The molecule has 17 aromatic rings. The lowest BCUT2D eigenvalue weighted by molar-refractivity contribution is 0.670. The van der Waals surface area contributed by atoms with E-state index in [0.717, 1.165) is 125 Å². The van der Waals surface area contributed by atoms with Crippen molar-refractivity contribution in [2.24, 2.45) is 0 Å². The van der Waals surface area contributed by atoms with Crippen LogP contribution in [0.4, 0.5) is 5.69 Å². The molecule has 0 unspecified atom stereocenters. The summed E-state index contributed by atoms with van der Waals surface area (Å²) in [5.41, 5.74) is 15.1. The van der Waals surface area contributed by atoms with Crippen LogP contribution in [0.15, 0.2) is 247 Å². The Kier molecular flexibility index (Phi) is 9.82. The van der Waals surface area contributed by atoms with Gasteiger partial charge in [0.15, 0.2) is 0 Å². The molecule has 0 atom stereocenters. The van der Waals surface area contributed by atoms with Gasteiger partial charge in [0.1, 0.15) is 17.2 Å². The molecule has 0 bridgehead atoms. The van der Waals surface area contributed by atoms with Crippen molar-refractivity contribution in [2.45, 2.75) is 0 Å². The fourth-order valence-corrected chi connectivity index (χ4v) is 15.8. The molecule has 0 saturated heterocycles. The molecular formula is C74H40N4OS2. The average molecular weight is 1070 g/mol. The molecule has 7 heteroatoms. The third-order valence-corrected chi connectivity index (χ3v) is 18.9. The van der Waals surface area contributed by atoms with Crippen LogP contribution in [-0.4, -0.2) is 9.13 Å². The number of nitriles is 1. The molecule has 0 amide bonds. The van der Waals surface area contributed by atoms with E-state index in [0.29, 0.717) is 22.5 Å². The Morgan fingerprint density at radius 2 is 0.975 bits per heavy atom. The molecule has 374 valence electrons. The van der Waals surface area contributed by atoms with Crippen LogP contribution in [0.2, 0.25) is 0 Å². The lowest BCUT2D eigenvalue weighted by Crippen LogP contribution is -2.09. The standard InChI is InChI=1S/C74H40N4OS2/c1-76-67-63(44-23-7-3-8-24-44)57(42-75)68(78-69-49(39-40-52-47-28-13-17-37-61(47)80-73(52)69)56-41-55(43-21-5-2-6-22-43)66-54-30-14-18-38-62(54)81-74(66)70(56)78)64(45-25-9-4-10-26-45)71(67)77-58-34-15-11-29-53(58)65-48(31-20-35-59(65)77)51-33-19-32-50-46-27-12-16-36-60(46)79-72(50)51/h2-41H. The zero-order valence-corrected chi connectivity index (χ0v) is 44.7. The van der Waals surface area contributed by atoms with Gasteiger partial charge in [-0.25, -0.2) is 4.85 Å². The van der Waals surface area contributed by atoms with Gasteiger partial charge in [-0.15, -0.1) is 22.7 Å². The number of rotatable bonds is 6. The first-order valence-electron chi connectivity index (χ1n) is 27.0. The second kappa shape index (κ2) is 17.5. The van der Waals surface area contributed by atoms with E-state index in [4.69, 9.17) is 4.42 Å². The van der Waals surface area contributed by atoms with Gasteiger partial charge in [0.05, 0.1) is 55.0 Å². The molecule has 0 fully saturated rings. The van der Waals surface area contributed by atoms with Crippen LogP contribution in [0.5, 0.6) is 0 Å². The number of hydrogen-bond donors (Lipinski definition) is 0. The van der Waals surface area contributed by atoms with Gasteiger partial charge in [-0.3, -0.25) is 0 Å². The molecule has 0 aliphatic heterocycles. The van der Waals surface area contributed by atoms with E-state index < -0.39 is 0 Å². The summed E-state index contributed by atoms with van der Waals surface area (Å²) >= 11 is 3.60. The van der Waals surface area contributed by atoms with Crippen molar-refractivity contribution in [3.05, 3.63) is 260 Å². The maximum Gasteiger partial charge on any atom is 0.220 e. The van der Waals surface area contributed by atoms with Gasteiger partial charge in [0, 0.05) is 80.0 Å². The normalized spacial score (nSPS) is 11.9. The molecule has 5 nitrogen and oxygen atoms in total. The van der Waals surface area contributed by atoms with Gasteiger partial charge < -0.3 is 13.6 Å². The van der Waals surface area contributed by atoms with E-state index in [9.17, 15) is 11.8 Å². The number of nitrogens with zero attached hydrogens (tertiary/aromatic N) is 4. The van der Waals surface area contributed by atoms with E-state index in [1.165, 1.54) is 25.6 Å². The van der Waals surface area contributed by atoms with E-state index in [1.54, 1.807) is 22.7 Å². The monoisotopic (exact) mass is 1060 g/mol. The van der Waals surface area contributed by atoms with Crippen molar-refractivity contribution in [2.75, 3.05) is 0 Å². The van der Waals surface area contributed by atoms with Crippen LogP contribution in [0, 0.1) is 17.9 Å². The number of fused-ring (bicyclic) bond motifs is 17. The Hall–Kier alpha value is -10.5. The topological polar surface area (TPSA) is 51.1 Å². The summed E-state index contributed by atoms with van der Waals surface area (Å²) in [6.45, 7) is 9.58. The van der Waals surface area contributed by atoms with Gasteiger partial charge in [-0.05, 0) is 64.2 Å². The van der Waals surface area contributed by atoms with E-state index >= 15 is 0 Å². The summed E-state index contributed by atoms with van der Waals surface area (Å²) in [4.78, 5) is 4.66. The van der Waals surface area contributed by atoms with Crippen molar-refractivity contribution in [1.29, 1.82) is 5.26 Å². The number of thiophene rings is 2. The fraction of sp³-hybridized carbons (Fsp3) is 0. The van der Waals surface area contributed by atoms with Crippen molar-refractivity contribution >= 4 is 134 Å². The minimum Gasteiger partial charge on any atom is -0.455 e. The second-order valence-corrected chi connectivity index (χ2v) is 22.8. The predicted molar refractivity (Wildman–Crippen MR) is 341 cm³/mol. The van der Waals surface area contributed by atoms with E-state index in [-0.39, 0.29) is 0 Å². The van der Waals surface area contributed by atoms with Gasteiger partial charge in [0.25, 0.3) is 0 Å². The number of para-hydroxylation sites is 3. The van der Waals surface area contributed by atoms with Crippen LogP contribution in [0.25, 0.3) is 167 Å². The lowest BCUT2D eigenvalue weighted by Gasteiger charge is -2.26. The van der Waals surface area contributed by atoms with Crippen molar-refractivity contribution < 1.29 is 4.42 Å². The Morgan fingerprint density at radius 3 is 1.73 bits per heavy atom. The number of benzene rings is 12. The highest BCUT2D eigenvalue weighted by atomic mass is 32.1. The molecule has 0 N–H and O–H groups in total. The zero-order valence-electron chi connectivity index (χ0n) is 43.1. The molecule has 81 heavy (non-hydrogen) atoms. The van der Waals surface area contributed by atoms with E-state index in [1.807, 2.05) is 48.5 Å². The zero-order chi connectivity index (χ0) is 53.4. The molecule has 0 radical (unpaired) electrons. The minimum absolute atomic E-state index is 0.388. The third-order valence-electron chi connectivity index (χ3n) is 16.6. The summed E-state index contributed by atoms with van der Waals surface area (Å²) in [5.74, 6) is 0. The fourth-order valence-electron chi connectivity index (χ4n) is 13.3. The quantitative estimate of drug-likeness (QED) is 0.156. The molecule has 5 heterocycles. The smallest absolute Gasteiger partial charge is 0.220 e. The van der Waals surface area contributed by atoms with Crippen molar-refractivity contribution in [3.63, 3.8) is 0 Å². The lowest BCUT2D eigenvalue weighted by atomic mass is 9.88. The number of hydrogen-bond acceptors (Lipinski definition) is 4. The summed E-state index contributed by atoms with van der Waals surface area (Å²) in [6, 6.07) is 88.4. The summed E-state index contributed by atoms with van der Waals surface area (Å²) in [7, 11) is 0. The number of aromatic nitrogens is 2. The SMILES string of the molecule is [C-]#[N+]c1c(-c2ccccc2)c(C#N)c(-n2c3c(ccc4c5ccccc5sc43)c3cc(-c4ccccc4)c4c5ccccc5sc4c32)c(-c2ccccc2)c1-n1c2ccccc2c2c(-c3cccc4c3oc3ccccc34)cccc21. The Labute approximate surface area is 471 Å². The highest BCUT2D eigenvalue weighted by Crippen LogP contribution is 2.56. The highest BCUT2D eigenvalue weighted by molar-refractivity contribution is 7.27. The highest BCUT2D eigenvalue weighted by Gasteiger charge is 2.34. The maximum atomic E-state index is 12.4. The summed E-state index contributed by atoms with van der Waals surface area (Å²) < 4.78 is 16.2.